The third-order valence-corrected chi connectivity index (χ3v) is 11.4. The largest absolute Gasteiger partial charge is 0.497 e. The zero-order chi connectivity index (χ0) is 27.1. The number of carbonyl (C=O) groups excluding carboxylic acids is 1. The summed E-state index contributed by atoms with van der Waals surface area (Å²) >= 11 is 0. The highest BCUT2D eigenvalue weighted by atomic mass is 16.5. The lowest BCUT2D eigenvalue weighted by Gasteiger charge is -2.58. The molecule has 3 fully saturated rings. The number of carbonyl (C=O) groups is 1. The van der Waals surface area contributed by atoms with Crippen LogP contribution in [0.5, 0.6) is 5.75 Å². The van der Waals surface area contributed by atoms with Crippen molar-refractivity contribution in [1.82, 2.24) is 0 Å². The molecule has 3 saturated carbocycles. The maximum atomic E-state index is 12.8. The van der Waals surface area contributed by atoms with E-state index in [9.17, 15) is 4.79 Å². The fourth-order valence-electron chi connectivity index (χ4n) is 9.28. The molecule has 4 aliphatic rings. The summed E-state index contributed by atoms with van der Waals surface area (Å²) in [5.41, 5.74) is 2.93. The van der Waals surface area contributed by atoms with Gasteiger partial charge in [0, 0.05) is 6.42 Å². The molecular formula is C35H50O3. The normalized spacial score (nSPS) is 37.2. The van der Waals surface area contributed by atoms with Gasteiger partial charge in [0.25, 0.3) is 0 Å². The Labute approximate surface area is 231 Å². The molecule has 1 aromatic rings. The van der Waals surface area contributed by atoms with E-state index in [1.54, 1.807) is 24.8 Å². The predicted octanol–water partition coefficient (Wildman–Crippen LogP) is 9.04. The molecule has 1 aromatic carbocycles. The van der Waals surface area contributed by atoms with Crippen LogP contribution in [0.15, 0.2) is 48.1 Å². The Hall–Kier alpha value is -2.03. The molecule has 8 atom stereocenters. The lowest BCUT2D eigenvalue weighted by Crippen LogP contribution is -2.51. The SMILES string of the molecule is COc1ccc(C(=O)O[C@H]2CC[C@@]3(C)C(=CC[C@H]4[C@@H]5CC[C@H]([C@H](C)/C=C/CC(C)C)[C@@]5(C)CC[C@@H]43)C2)cc1. The minimum atomic E-state index is -0.211. The van der Waals surface area contributed by atoms with Crippen molar-refractivity contribution in [2.75, 3.05) is 7.11 Å². The Morgan fingerprint density at radius 1 is 1.03 bits per heavy atom. The van der Waals surface area contributed by atoms with Crippen LogP contribution >= 0.6 is 0 Å². The van der Waals surface area contributed by atoms with Crippen LogP contribution in [0.3, 0.4) is 0 Å². The zero-order valence-electron chi connectivity index (χ0n) is 24.7. The van der Waals surface area contributed by atoms with Gasteiger partial charge in [-0.05, 0) is 122 Å². The number of hydrogen-bond acceptors (Lipinski definition) is 3. The predicted molar refractivity (Wildman–Crippen MR) is 155 cm³/mol. The summed E-state index contributed by atoms with van der Waals surface area (Å²) in [6, 6.07) is 7.25. The van der Waals surface area contributed by atoms with Crippen molar-refractivity contribution in [3.8, 4) is 5.75 Å². The van der Waals surface area contributed by atoms with E-state index in [1.165, 1.54) is 38.5 Å². The van der Waals surface area contributed by atoms with Gasteiger partial charge in [0.1, 0.15) is 11.9 Å². The Balaban J connectivity index is 1.25. The van der Waals surface area contributed by atoms with Crippen LogP contribution < -0.4 is 4.74 Å². The van der Waals surface area contributed by atoms with Gasteiger partial charge in [0.05, 0.1) is 12.7 Å². The molecule has 208 valence electrons. The molecular weight excluding hydrogens is 468 g/mol. The number of allylic oxidation sites excluding steroid dienone is 3. The summed E-state index contributed by atoms with van der Waals surface area (Å²) in [7, 11) is 1.64. The highest BCUT2D eigenvalue weighted by Crippen LogP contribution is 2.67. The number of benzene rings is 1. The van der Waals surface area contributed by atoms with Crippen molar-refractivity contribution in [1.29, 1.82) is 0 Å². The fraction of sp³-hybridized carbons (Fsp3) is 0.686. The van der Waals surface area contributed by atoms with Crippen LogP contribution in [0.2, 0.25) is 0 Å². The van der Waals surface area contributed by atoms with E-state index in [2.05, 4.69) is 52.8 Å². The number of ether oxygens (including phenoxy) is 2. The molecule has 5 rings (SSSR count). The molecule has 0 spiro atoms. The third kappa shape index (κ3) is 5.00. The zero-order valence-corrected chi connectivity index (χ0v) is 24.7. The number of esters is 1. The van der Waals surface area contributed by atoms with Gasteiger partial charge in [-0.1, -0.05) is 58.4 Å². The first kappa shape index (κ1) is 27.5. The lowest BCUT2D eigenvalue weighted by atomic mass is 9.47. The Bertz CT molecular complexity index is 1050. The number of hydrogen-bond donors (Lipinski definition) is 0. The summed E-state index contributed by atoms with van der Waals surface area (Å²) in [6.07, 6.45) is 18.6. The van der Waals surface area contributed by atoms with Crippen molar-refractivity contribution in [2.24, 2.45) is 46.3 Å². The number of rotatable bonds is 7. The van der Waals surface area contributed by atoms with E-state index in [0.717, 1.165) is 54.6 Å². The van der Waals surface area contributed by atoms with Gasteiger partial charge in [0.2, 0.25) is 0 Å². The molecule has 38 heavy (non-hydrogen) atoms. The average Bonchev–Trinajstić information content (AvgIpc) is 3.26. The minimum Gasteiger partial charge on any atom is -0.497 e. The van der Waals surface area contributed by atoms with Crippen LogP contribution in [0.4, 0.5) is 0 Å². The summed E-state index contributed by atoms with van der Waals surface area (Å²) < 4.78 is 11.2. The molecule has 4 aliphatic carbocycles. The van der Waals surface area contributed by atoms with Crippen molar-refractivity contribution in [3.05, 3.63) is 53.6 Å². The molecule has 0 unspecified atom stereocenters. The Morgan fingerprint density at radius 3 is 2.50 bits per heavy atom. The molecule has 0 amide bonds. The molecule has 0 saturated heterocycles. The highest BCUT2D eigenvalue weighted by Gasteiger charge is 2.59. The van der Waals surface area contributed by atoms with Gasteiger partial charge in [-0.25, -0.2) is 4.79 Å². The molecule has 3 nitrogen and oxygen atoms in total. The van der Waals surface area contributed by atoms with Gasteiger partial charge < -0.3 is 9.47 Å². The highest BCUT2D eigenvalue weighted by molar-refractivity contribution is 5.89. The fourth-order valence-corrected chi connectivity index (χ4v) is 9.28. The summed E-state index contributed by atoms with van der Waals surface area (Å²) in [4.78, 5) is 12.8. The molecule has 3 heteroatoms. The number of methoxy groups -OCH3 is 1. The van der Waals surface area contributed by atoms with Gasteiger partial charge in [-0.3, -0.25) is 0 Å². The van der Waals surface area contributed by atoms with Crippen molar-refractivity contribution < 1.29 is 14.3 Å². The van der Waals surface area contributed by atoms with Crippen LogP contribution in [-0.2, 0) is 4.74 Å². The van der Waals surface area contributed by atoms with E-state index in [-0.39, 0.29) is 17.5 Å². The first-order valence-electron chi connectivity index (χ1n) is 15.4. The lowest BCUT2D eigenvalue weighted by molar-refractivity contribution is -0.0565. The van der Waals surface area contributed by atoms with Crippen molar-refractivity contribution >= 4 is 5.97 Å². The Morgan fingerprint density at radius 2 is 1.79 bits per heavy atom. The Kier molecular flexibility index (Phi) is 7.87. The van der Waals surface area contributed by atoms with Gasteiger partial charge in [0.15, 0.2) is 0 Å². The summed E-state index contributed by atoms with van der Waals surface area (Å²) in [5.74, 6) is 5.24. The second-order valence-electron chi connectivity index (χ2n) is 13.9. The van der Waals surface area contributed by atoms with E-state index in [4.69, 9.17) is 9.47 Å². The van der Waals surface area contributed by atoms with Crippen LogP contribution in [0.1, 0.15) is 103 Å². The van der Waals surface area contributed by atoms with Crippen molar-refractivity contribution in [2.45, 2.75) is 98.5 Å². The monoisotopic (exact) mass is 518 g/mol. The molecule has 0 aliphatic heterocycles. The first-order valence-corrected chi connectivity index (χ1v) is 15.4. The first-order chi connectivity index (χ1) is 18.2. The minimum absolute atomic E-state index is 0.0105. The van der Waals surface area contributed by atoms with Crippen LogP contribution in [0, 0.1) is 46.3 Å². The second kappa shape index (κ2) is 10.9. The van der Waals surface area contributed by atoms with E-state index in [1.807, 2.05) is 12.1 Å². The van der Waals surface area contributed by atoms with Crippen molar-refractivity contribution in [3.63, 3.8) is 0 Å². The average molecular weight is 519 g/mol. The maximum absolute atomic E-state index is 12.8. The molecule has 0 heterocycles. The maximum Gasteiger partial charge on any atom is 0.338 e. The molecule has 0 aromatic heterocycles. The third-order valence-electron chi connectivity index (χ3n) is 11.4. The van der Waals surface area contributed by atoms with Gasteiger partial charge >= 0.3 is 5.97 Å². The van der Waals surface area contributed by atoms with E-state index in [0.29, 0.717) is 16.9 Å². The standard InChI is InChI=1S/C35H50O3/c1-23(2)8-7-9-24(3)30-16-17-31-29-15-12-26-22-28(38-33(36)25-10-13-27(37-6)14-11-25)18-20-34(26,4)32(29)19-21-35(30,31)5/h7,9-14,23-24,28-32H,8,15-22H2,1-6H3/b9-7+/t24-,28+,29+,30-,31+,32+,34+,35-/m1/s1. The summed E-state index contributed by atoms with van der Waals surface area (Å²) in [5, 5.41) is 0. The topological polar surface area (TPSA) is 35.5 Å². The van der Waals surface area contributed by atoms with Crippen LogP contribution in [0.25, 0.3) is 0 Å². The van der Waals surface area contributed by atoms with E-state index < -0.39 is 0 Å². The molecule has 0 bridgehead atoms. The smallest absolute Gasteiger partial charge is 0.338 e. The quantitative estimate of drug-likeness (QED) is 0.267. The summed E-state index contributed by atoms with van der Waals surface area (Å²) in [6.45, 7) is 12.3. The van der Waals surface area contributed by atoms with Gasteiger partial charge in [-0.2, -0.15) is 0 Å². The van der Waals surface area contributed by atoms with Gasteiger partial charge in [-0.15, -0.1) is 0 Å². The molecule has 0 N–H and O–H groups in total. The van der Waals surface area contributed by atoms with E-state index >= 15 is 0 Å². The second-order valence-corrected chi connectivity index (χ2v) is 13.9. The van der Waals surface area contributed by atoms with Crippen LogP contribution in [-0.4, -0.2) is 19.2 Å². The molecule has 0 radical (unpaired) electrons. The number of fused-ring (bicyclic) bond motifs is 5.